The molecule has 0 aromatic carbocycles. The van der Waals surface area contributed by atoms with Crippen molar-refractivity contribution in [1.82, 2.24) is 9.97 Å². The molecule has 0 saturated carbocycles. The standard InChI is InChI=1S/C16H20N4OS/c1-3-13(14-4-2-8-21-14)20(5-1)16-11-15(17-12-18-16)19-6-9-22-10-7-19/h2,4,8,11-13H,1,3,5-7,9-10H2. The molecule has 4 heterocycles. The minimum atomic E-state index is 0.301. The summed E-state index contributed by atoms with van der Waals surface area (Å²) in [6.45, 7) is 3.17. The summed E-state index contributed by atoms with van der Waals surface area (Å²) >= 11 is 2.01. The van der Waals surface area contributed by atoms with Crippen LogP contribution in [-0.4, -0.2) is 41.1 Å². The number of thioether (sulfide) groups is 1. The summed E-state index contributed by atoms with van der Waals surface area (Å²) in [6, 6.07) is 6.46. The number of rotatable bonds is 3. The number of anilines is 2. The van der Waals surface area contributed by atoms with Gasteiger partial charge in [-0.25, -0.2) is 9.97 Å². The Labute approximate surface area is 134 Å². The van der Waals surface area contributed by atoms with Crippen LogP contribution in [0.25, 0.3) is 0 Å². The van der Waals surface area contributed by atoms with Gasteiger partial charge in [0.05, 0.1) is 12.3 Å². The van der Waals surface area contributed by atoms with E-state index in [2.05, 4.69) is 31.9 Å². The number of hydrogen-bond acceptors (Lipinski definition) is 6. The fraction of sp³-hybridized carbons (Fsp3) is 0.500. The molecule has 4 rings (SSSR count). The molecule has 0 bridgehead atoms. The second-order valence-corrected chi connectivity index (χ2v) is 6.93. The highest BCUT2D eigenvalue weighted by Gasteiger charge is 2.29. The van der Waals surface area contributed by atoms with E-state index in [1.807, 2.05) is 17.8 Å². The Kier molecular flexibility index (Phi) is 3.93. The summed E-state index contributed by atoms with van der Waals surface area (Å²) in [5.74, 6) is 5.46. The van der Waals surface area contributed by atoms with Crippen molar-refractivity contribution in [2.45, 2.75) is 18.9 Å². The Morgan fingerprint density at radius 3 is 2.82 bits per heavy atom. The van der Waals surface area contributed by atoms with E-state index in [1.54, 1.807) is 12.6 Å². The summed E-state index contributed by atoms with van der Waals surface area (Å²) in [5.41, 5.74) is 0. The second-order valence-electron chi connectivity index (χ2n) is 5.70. The quantitative estimate of drug-likeness (QED) is 0.867. The SMILES string of the molecule is c1coc(C2CCCN2c2cc(N3CCSCC3)ncn2)c1. The third-order valence-corrected chi connectivity index (χ3v) is 5.33. The van der Waals surface area contributed by atoms with Gasteiger partial charge in [-0.2, -0.15) is 11.8 Å². The third-order valence-electron chi connectivity index (χ3n) is 4.39. The van der Waals surface area contributed by atoms with Crippen LogP contribution in [0.2, 0.25) is 0 Å². The van der Waals surface area contributed by atoms with Gasteiger partial charge in [0.2, 0.25) is 0 Å². The van der Waals surface area contributed by atoms with Crippen LogP contribution in [0.4, 0.5) is 11.6 Å². The van der Waals surface area contributed by atoms with Crippen molar-refractivity contribution in [3.05, 3.63) is 36.5 Å². The largest absolute Gasteiger partial charge is 0.467 e. The molecule has 0 N–H and O–H groups in total. The lowest BCUT2D eigenvalue weighted by molar-refractivity contribution is 0.464. The third kappa shape index (κ3) is 2.67. The average Bonchev–Trinajstić information content (AvgIpc) is 3.27. The Hall–Kier alpha value is -1.69. The van der Waals surface area contributed by atoms with Gasteiger partial charge >= 0.3 is 0 Å². The zero-order valence-corrected chi connectivity index (χ0v) is 13.3. The van der Waals surface area contributed by atoms with Gasteiger partial charge in [0, 0.05) is 37.2 Å². The molecule has 0 radical (unpaired) electrons. The molecule has 0 amide bonds. The first kappa shape index (κ1) is 13.9. The molecular weight excluding hydrogens is 296 g/mol. The van der Waals surface area contributed by atoms with E-state index in [0.29, 0.717) is 6.04 Å². The van der Waals surface area contributed by atoms with E-state index in [1.165, 1.54) is 17.9 Å². The van der Waals surface area contributed by atoms with E-state index in [9.17, 15) is 0 Å². The van der Waals surface area contributed by atoms with Gasteiger partial charge in [-0.05, 0) is 25.0 Å². The zero-order chi connectivity index (χ0) is 14.8. The molecule has 2 aromatic rings. The first-order chi connectivity index (χ1) is 10.9. The summed E-state index contributed by atoms with van der Waals surface area (Å²) in [5, 5.41) is 0. The fourth-order valence-electron chi connectivity index (χ4n) is 3.28. The molecule has 0 aliphatic carbocycles. The first-order valence-corrected chi connectivity index (χ1v) is 9.02. The Balaban J connectivity index is 1.59. The first-order valence-electron chi connectivity index (χ1n) is 7.86. The normalized spacial score (nSPS) is 22.3. The monoisotopic (exact) mass is 316 g/mol. The smallest absolute Gasteiger partial charge is 0.134 e. The van der Waals surface area contributed by atoms with Crippen LogP contribution < -0.4 is 9.80 Å². The maximum atomic E-state index is 5.62. The molecule has 22 heavy (non-hydrogen) atoms. The minimum Gasteiger partial charge on any atom is -0.467 e. The highest BCUT2D eigenvalue weighted by molar-refractivity contribution is 7.99. The van der Waals surface area contributed by atoms with Gasteiger partial charge < -0.3 is 14.2 Å². The molecule has 1 atom stereocenters. The van der Waals surface area contributed by atoms with Crippen LogP contribution in [-0.2, 0) is 0 Å². The summed E-state index contributed by atoms with van der Waals surface area (Å²) < 4.78 is 5.62. The molecule has 116 valence electrons. The van der Waals surface area contributed by atoms with E-state index in [-0.39, 0.29) is 0 Å². The Morgan fingerprint density at radius 1 is 1.14 bits per heavy atom. The minimum absolute atomic E-state index is 0.301. The predicted octanol–water partition coefficient (Wildman–Crippen LogP) is 2.96. The molecule has 2 saturated heterocycles. The van der Waals surface area contributed by atoms with Crippen molar-refractivity contribution in [3.63, 3.8) is 0 Å². The molecule has 2 aliphatic rings. The number of furan rings is 1. The summed E-state index contributed by atoms with van der Waals surface area (Å²) in [4.78, 5) is 13.7. The van der Waals surface area contributed by atoms with Crippen molar-refractivity contribution in [2.24, 2.45) is 0 Å². The van der Waals surface area contributed by atoms with Gasteiger partial charge in [-0.1, -0.05) is 0 Å². The van der Waals surface area contributed by atoms with Crippen molar-refractivity contribution in [3.8, 4) is 0 Å². The number of nitrogens with zero attached hydrogens (tertiary/aromatic N) is 4. The Morgan fingerprint density at radius 2 is 2.00 bits per heavy atom. The molecule has 2 aromatic heterocycles. The maximum absolute atomic E-state index is 5.62. The van der Waals surface area contributed by atoms with Crippen molar-refractivity contribution in [1.29, 1.82) is 0 Å². The van der Waals surface area contributed by atoms with Gasteiger partial charge in [0.25, 0.3) is 0 Å². The molecule has 1 unspecified atom stereocenters. The summed E-state index contributed by atoms with van der Waals surface area (Å²) in [6.07, 6.45) is 5.74. The van der Waals surface area contributed by atoms with Crippen molar-refractivity contribution in [2.75, 3.05) is 40.9 Å². The second kappa shape index (κ2) is 6.20. The van der Waals surface area contributed by atoms with Crippen molar-refractivity contribution >= 4 is 23.4 Å². The molecule has 2 fully saturated rings. The number of hydrogen-bond donors (Lipinski definition) is 0. The topological polar surface area (TPSA) is 45.4 Å². The van der Waals surface area contributed by atoms with Crippen LogP contribution >= 0.6 is 11.8 Å². The van der Waals surface area contributed by atoms with Crippen molar-refractivity contribution < 1.29 is 4.42 Å². The Bertz CT molecular complexity index is 612. The predicted molar refractivity (Wildman–Crippen MR) is 89.6 cm³/mol. The van der Waals surface area contributed by atoms with Gasteiger partial charge in [0.1, 0.15) is 23.7 Å². The van der Waals surface area contributed by atoms with E-state index >= 15 is 0 Å². The van der Waals surface area contributed by atoms with Gasteiger partial charge in [-0.15, -0.1) is 0 Å². The molecule has 2 aliphatic heterocycles. The van der Waals surface area contributed by atoms with Crippen LogP contribution in [0, 0.1) is 0 Å². The van der Waals surface area contributed by atoms with Crippen LogP contribution in [0.15, 0.2) is 35.2 Å². The average molecular weight is 316 g/mol. The molecular formula is C16H20N4OS. The fourth-order valence-corrected chi connectivity index (χ4v) is 4.18. The van der Waals surface area contributed by atoms with Crippen LogP contribution in [0.3, 0.4) is 0 Å². The molecule has 6 heteroatoms. The zero-order valence-electron chi connectivity index (χ0n) is 12.5. The summed E-state index contributed by atoms with van der Waals surface area (Å²) in [7, 11) is 0. The van der Waals surface area contributed by atoms with Gasteiger partial charge in [-0.3, -0.25) is 0 Å². The van der Waals surface area contributed by atoms with E-state index in [0.717, 1.165) is 43.5 Å². The van der Waals surface area contributed by atoms with Crippen LogP contribution in [0.5, 0.6) is 0 Å². The molecule has 5 nitrogen and oxygen atoms in total. The lowest BCUT2D eigenvalue weighted by atomic mass is 10.1. The lowest BCUT2D eigenvalue weighted by Crippen LogP contribution is -2.33. The van der Waals surface area contributed by atoms with E-state index in [4.69, 9.17) is 4.42 Å². The highest BCUT2D eigenvalue weighted by Crippen LogP contribution is 2.36. The highest BCUT2D eigenvalue weighted by atomic mass is 32.2. The van der Waals surface area contributed by atoms with Crippen LogP contribution in [0.1, 0.15) is 24.6 Å². The molecule has 0 spiro atoms. The van der Waals surface area contributed by atoms with Gasteiger partial charge in [0.15, 0.2) is 0 Å². The van der Waals surface area contributed by atoms with E-state index < -0.39 is 0 Å². The number of aromatic nitrogens is 2. The maximum Gasteiger partial charge on any atom is 0.134 e. The lowest BCUT2D eigenvalue weighted by Gasteiger charge is -2.29.